The van der Waals surface area contributed by atoms with E-state index in [0.717, 1.165) is 16.7 Å². The lowest BCUT2D eigenvalue weighted by Gasteiger charge is -2.26. The minimum atomic E-state index is -1.68. The van der Waals surface area contributed by atoms with Gasteiger partial charge in [-0.15, -0.1) is 32.2 Å². The Kier molecular flexibility index (Phi) is 21.2. The number of carboxylic acid groups (broad SMARTS) is 1. The first kappa shape index (κ1) is 57.7. The number of aliphatic carboxylic acids is 1. The van der Waals surface area contributed by atoms with Crippen LogP contribution in [-0.4, -0.2) is 158 Å². The largest absolute Gasteiger partial charge is 0.508 e. The molecule has 10 N–H and O–H groups in total. The van der Waals surface area contributed by atoms with Crippen molar-refractivity contribution in [3.63, 3.8) is 0 Å². The number of carboxylic acids is 1. The van der Waals surface area contributed by atoms with Crippen LogP contribution in [0, 0.1) is 5.41 Å². The van der Waals surface area contributed by atoms with Gasteiger partial charge >= 0.3 is 5.97 Å². The number of imide groups is 1. The molecule has 5 atom stereocenters. The van der Waals surface area contributed by atoms with E-state index in [2.05, 4.69) is 56.9 Å². The van der Waals surface area contributed by atoms with Gasteiger partial charge < -0.3 is 42.5 Å². The van der Waals surface area contributed by atoms with E-state index < -0.39 is 102 Å². The fourth-order valence-electron chi connectivity index (χ4n) is 8.09. The van der Waals surface area contributed by atoms with Crippen molar-refractivity contribution in [1.29, 1.82) is 5.41 Å². The Morgan fingerprint density at radius 2 is 1.40 bits per heavy atom. The number of rotatable bonds is 23. The number of thioether (sulfide) groups is 1. The van der Waals surface area contributed by atoms with Crippen LogP contribution in [0.2, 0.25) is 0 Å². The summed E-state index contributed by atoms with van der Waals surface area (Å²) in [4.78, 5) is 142. The van der Waals surface area contributed by atoms with Crippen LogP contribution in [0.5, 0.6) is 5.75 Å². The van der Waals surface area contributed by atoms with E-state index in [9.17, 15) is 58.2 Å². The number of phenols is 1. The van der Waals surface area contributed by atoms with Gasteiger partial charge in [-0.05, 0) is 60.7 Å². The van der Waals surface area contributed by atoms with Crippen LogP contribution in [0.1, 0.15) is 81.8 Å². The van der Waals surface area contributed by atoms with Crippen molar-refractivity contribution < 1.29 is 58.2 Å². The van der Waals surface area contributed by atoms with Gasteiger partial charge in [0.15, 0.2) is 5.78 Å². The van der Waals surface area contributed by atoms with Crippen LogP contribution in [-0.2, 0) is 60.8 Å². The highest BCUT2D eigenvalue weighted by Gasteiger charge is 2.40. The molecule has 406 valence electrons. The Bertz CT molecular complexity index is 2810. The first-order valence-corrected chi connectivity index (χ1v) is 25.7. The van der Waals surface area contributed by atoms with Crippen molar-refractivity contribution in [1.82, 2.24) is 61.8 Å². The lowest BCUT2D eigenvalue weighted by atomic mass is 10.00. The average Bonchev–Trinajstić information content (AvgIpc) is 3.68. The number of carbonyl (C=O) groups excluding carboxylic acids is 9. The molecule has 0 saturated carbocycles. The fraction of sp³-hybridized carbons (Fsp3) is 0.420. The molecular formula is C50H58N14O12S. The van der Waals surface area contributed by atoms with E-state index in [1.165, 1.54) is 30.5 Å². The maximum absolute atomic E-state index is 14.2. The summed E-state index contributed by atoms with van der Waals surface area (Å²) in [6.07, 6.45) is 2.14. The second-order valence-electron chi connectivity index (χ2n) is 18.2. The SMILES string of the molecule is N=C(N)CCCC[C@@H]1NC(=O)[C@H](CSC2CC(=O)N(CCNC(=O)CCCC(=O)Cc3ccc(-c4nnc(-c5ccccn5)nn4)nc3)C2=O)NC(=O)[C@@H](Cc2ccc(O)cc2)NC(=O)[C@H](CC(=O)O)NC(=O)CCC1=O. The number of unbranched alkanes of at least 4 members (excludes halogenated alkanes) is 1. The molecule has 26 nitrogen and oxygen atoms in total. The third-order valence-electron chi connectivity index (χ3n) is 12.2. The number of phenolic OH excluding ortho intramolecular Hbond substituents is 1. The van der Waals surface area contributed by atoms with Gasteiger partial charge in [0, 0.05) is 82.6 Å². The van der Waals surface area contributed by atoms with Crippen molar-refractivity contribution in [2.24, 2.45) is 5.73 Å². The smallest absolute Gasteiger partial charge is 0.305 e. The number of nitrogens with two attached hydrogens (primary N) is 1. The zero-order valence-electron chi connectivity index (χ0n) is 41.6. The fourth-order valence-corrected chi connectivity index (χ4v) is 9.28. The van der Waals surface area contributed by atoms with E-state index in [4.69, 9.17) is 11.1 Å². The summed E-state index contributed by atoms with van der Waals surface area (Å²) < 4.78 is 0. The van der Waals surface area contributed by atoms with Gasteiger partial charge in [0.25, 0.3) is 0 Å². The first-order valence-electron chi connectivity index (χ1n) is 24.7. The van der Waals surface area contributed by atoms with E-state index in [1.807, 2.05) is 0 Å². The lowest BCUT2D eigenvalue weighted by Crippen LogP contribution is -2.58. The zero-order chi connectivity index (χ0) is 55.4. The lowest BCUT2D eigenvalue weighted by molar-refractivity contribution is -0.141. The van der Waals surface area contributed by atoms with Crippen LogP contribution < -0.4 is 32.3 Å². The van der Waals surface area contributed by atoms with Crippen molar-refractivity contribution in [3.8, 4) is 28.8 Å². The summed E-state index contributed by atoms with van der Waals surface area (Å²) in [5.74, 6) is -7.55. The third-order valence-corrected chi connectivity index (χ3v) is 13.5. The molecular weight excluding hydrogens is 1020 g/mol. The number of benzene rings is 1. The van der Waals surface area contributed by atoms with Crippen LogP contribution in [0.3, 0.4) is 0 Å². The van der Waals surface area contributed by atoms with Crippen LogP contribution in [0.15, 0.2) is 67.0 Å². The van der Waals surface area contributed by atoms with E-state index >= 15 is 0 Å². The molecule has 2 fully saturated rings. The molecule has 0 spiro atoms. The Morgan fingerprint density at radius 3 is 2.06 bits per heavy atom. The molecule has 3 aromatic heterocycles. The number of amidine groups is 1. The molecule has 6 rings (SSSR count). The number of likely N-dealkylation sites (tertiary alicyclic amines) is 1. The highest BCUT2D eigenvalue weighted by Crippen LogP contribution is 2.26. The molecule has 77 heavy (non-hydrogen) atoms. The highest BCUT2D eigenvalue weighted by atomic mass is 32.2. The summed E-state index contributed by atoms with van der Waals surface area (Å²) in [7, 11) is 0. The number of hydrogen-bond acceptors (Lipinski definition) is 19. The predicted octanol–water partition coefficient (Wildman–Crippen LogP) is -0.129. The average molecular weight is 1080 g/mol. The van der Waals surface area contributed by atoms with Crippen LogP contribution >= 0.6 is 11.8 Å². The maximum Gasteiger partial charge on any atom is 0.305 e. The van der Waals surface area contributed by atoms with Crippen LogP contribution in [0.4, 0.5) is 0 Å². The molecule has 4 aromatic rings. The minimum Gasteiger partial charge on any atom is -0.508 e. The zero-order valence-corrected chi connectivity index (χ0v) is 42.5. The number of nitrogens with zero attached hydrogens (tertiary/aromatic N) is 7. The normalized spacial score (nSPS) is 19.5. The number of ketones is 2. The Labute approximate surface area is 444 Å². The molecule has 5 heterocycles. The molecule has 2 aliphatic heterocycles. The quantitative estimate of drug-likeness (QED) is 0.0202. The minimum absolute atomic E-state index is 0.00736. The standard InChI is InChI=1S/C50H58N14O12S/c51-40(52)9-2-1-7-32-38(67)17-18-42(69)56-36(24-44(71)72)48(74)58-35(23-28-11-14-30(65)15-12-28)47(73)59-37(49(75)57-32)27-77-39-25-43(70)64(50(39)76)21-20-54-41(68)10-5-6-31(66)22-29-13-16-34(55-26-29)46-62-60-45(61-63-46)33-8-3-4-19-53-33/h3-4,8,11-16,19,26,32,35-37,39,65H,1-2,5-7,9-10,17-18,20-25,27H2,(H3,51,52)(H,54,68)(H,56,69)(H,57,75)(H,58,74)(H,59,73)(H,71,72)/t32-,35+,36-,37-,39?/m0/s1. The Morgan fingerprint density at radius 1 is 0.740 bits per heavy atom. The highest BCUT2D eigenvalue weighted by molar-refractivity contribution is 8.00. The number of nitrogens with one attached hydrogen (secondary N) is 6. The summed E-state index contributed by atoms with van der Waals surface area (Å²) in [6, 6.07) is 8.34. The van der Waals surface area contributed by atoms with Crippen molar-refractivity contribution in [3.05, 3.63) is 78.1 Å². The van der Waals surface area contributed by atoms with E-state index in [0.29, 0.717) is 35.4 Å². The number of aromatic hydroxyl groups is 1. The number of carbonyl (C=O) groups is 10. The van der Waals surface area contributed by atoms with Crippen LogP contribution in [0.25, 0.3) is 23.0 Å². The summed E-state index contributed by atoms with van der Waals surface area (Å²) >= 11 is 0.874. The summed E-state index contributed by atoms with van der Waals surface area (Å²) in [6.45, 7) is -0.271. The van der Waals surface area contributed by atoms with Gasteiger partial charge in [-0.3, -0.25) is 68.2 Å². The topological polar surface area (TPSA) is 402 Å². The number of Topliss-reactive ketones (excluding diaryl/α,β-unsaturated/α-hetero) is 2. The maximum atomic E-state index is 14.2. The molecule has 1 aromatic carbocycles. The van der Waals surface area contributed by atoms with Gasteiger partial charge in [-0.25, -0.2) is 0 Å². The van der Waals surface area contributed by atoms with Gasteiger partial charge in [-0.2, -0.15) is 0 Å². The molecule has 27 heteroatoms. The van der Waals surface area contributed by atoms with Crippen molar-refractivity contribution in [2.45, 2.75) is 113 Å². The number of amides is 7. The van der Waals surface area contributed by atoms with E-state index in [-0.39, 0.29) is 99.2 Å². The Balaban J connectivity index is 1.03. The Hall–Kier alpha value is -8.62. The molecule has 1 unspecified atom stereocenters. The molecule has 0 bridgehead atoms. The second kappa shape index (κ2) is 28.3. The first-order chi connectivity index (χ1) is 36.9. The summed E-state index contributed by atoms with van der Waals surface area (Å²) in [5.41, 5.74) is 7.48. The van der Waals surface area contributed by atoms with Crippen molar-refractivity contribution >= 4 is 76.5 Å². The third kappa shape index (κ3) is 18.0. The molecule has 0 radical (unpaired) electrons. The van der Waals surface area contributed by atoms with Gasteiger partial charge in [0.2, 0.25) is 53.0 Å². The molecule has 7 amide bonds. The number of pyridine rings is 2. The molecule has 2 aliphatic rings. The van der Waals surface area contributed by atoms with Gasteiger partial charge in [0.05, 0.1) is 23.5 Å². The second-order valence-corrected chi connectivity index (χ2v) is 19.4. The van der Waals surface area contributed by atoms with Gasteiger partial charge in [0.1, 0.15) is 41.0 Å². The molecule has 2 saturated heterocycles. The summed E-state index contributed by atoms with van der Waals surface area (Å²) in [5, 5.41) is 54.9. The van der Waals surface area contributed by atoms with Gasteiger partial charge in [-0.1, -0.05) is 30.7 Å². The monoisotopic (exact) mass is 1080 g/mol. The molecule has 0 aliphatic carbocycles. The number of aromatic nitrogens is 6. The van der Waals surface area contributed by atoms with Crippen molar-refractivity contribution in [2.75, 3.05) is 18.8 Å². The van der Waals surface area contributed by atoms with E-state index in [1.54, 1.807) is 36.5 Å². The predicted molar refractivity (Wildman–Crippen MR) is 274 cm³/mol. The number of hydrogen-bond donors (Lipinski definition) is 9.